The maximum Gasteiger partial charge on any atom is 0.251 e. The van der Waals surface area contributed by atoms with Gasteiger partial charge in [-0.1, -0.05) is 0 Å². The van der Waals surface area contributed by atoms with E-state index in [1.54, 1.807) is 0 Å². The quantitative estimate of drug-likeness (QED) is 0.869. The van der Waals surface area contributed by atoms with Gasteiger partial charge >= 0.3 is 0 Å². The fourth-order valence-electron chi connectivity index (χ4n) is 3.45. The number of aliphatic hydroxyl groups is 1. The van der Waals surface area contributed by atoms with Gasteiger partial charge in [-0.2, -0.15) is 0 Å². The summed E-state index contributed by atoms with van der Waals surface area (Å²) in [5.41, 5.74) is 0.438. The number of carbonyl (C=O) groups is 1. The monoisotopic (exact) mass is 322 g/mol. The van der Waals surface area contributed by atoms with Crippen LogP contribution in [0.4, 0.5) is 4.39 Å². The summed E-state index contributed by atoms with van der Waals surface area (Å²) < 4.78 is 18.3. The molecule has 0 aliphatic carbocycles. The predicted octanol–water partition coefficient (Wildman–Crippen LogP) is 1.03. The molecule has 0 radical (unpaired) electrons. The van der Waals surface area contributed by atoms with E-state index in [1.807, 2.05) is 0 Å². The fraction of sp³-hybridized carbons (Fsp3) is 0.588. The van der Waals surface area contributed by atoms with Crippen molar-refractivity contribution in [3.8, 4) is 0 Å². The Kier molecular flexibility index (Phi) is 5.25. The van der Waals surface area contributed by atoms with Crippen molar-refractivity contribution in [1.82, 2.24) is 10.2 Å². The van der Waals surface area contributed by atoms with E-state index in [4.69, 9.17) is 4.74 Å². The molecule has 2 saturated heterocycles. The van der Waals surface area contributed by atoms with Crippen LogP contribution >= 0.6 is 0 Å². The van der Waals surface area contributed by atoms with Gasteiger partial charge in [0, 0.05) is 56.5 Å². The number of nitrogens with one attached hydrogen (secondary N) is 1. The molecule has 2 heterocycles. The Labute approximate surface area is 135 Å². The van der Waals surface area contributed by atoms with Gasteiger partial charge < -0.3 is 15.2 Å². The summed E-state index contributed by atoms with van der Waals surface area (Å²) in [6, 6.07) is 5.89. The molecule has 126 valence electrons. The van der Waals surface area contributed by atoms with Gasteiger partial charge in [0.25, 0.3) is 5.91 Å². The van der Waals surface area contributed by atoms with E-state index in [0.717, 1.165) is 39.1 Å². The summed E-state index contributed by atoms with van der Waals surface area (Å²) >= 11 is 0. The van der Waals surface area contributed by atoms with E-state index in [-0.39, 0.29) is 30.3 Å². The van der Waals surface area contributed by atoms with Gasteiger partial charge in [0.2, 0.25) is 0 Å². The van der Waals surface area contributed by atoms with Crippen LogP contribution in [-0.4, -0.2) is 60.9 Å². The molecule has 5 nitrogen and oxygen atoms in total. The minimum Gasteiger partial charge on any atom is -0.396 e. The second kappa shape index (κ2) is 7.38. The van der Waals surface area contributed by atoms with Crippen LogP contribution in [0.2, 0.25) is 0 Å². The largest absolute Gasteiger partial charge is 0.396 e. The van der Waals surface area contributed by atoms with Gasteiger partial charge in [0.1, 0.15) is 5.82 Å². The topological polar surface area (TPSA) is 61.8 Å². The van der Waals surface area contributed by atoms with Crippen molar-refractivity contribution in [1.29, 1.82) is 0 Å². The van der Waals surface area contributed by atoms with E-state index in [2.05, 4.69) is 10.2 Å². The predicted molar refractivity (Wildman–Crippen MR) is 83.6 cm³/mol. The van der Waals surface area contributed by atoms with Gasteiger partial charge in [0.05, 0.1) is 0 Å². The Morgan fingerprint density at radius 3 is 2.61 bits per heavy atom. The van der Waals surface area contributed by atoms with Crippen molar-refractivity contribution in [2.45, 2.75) is 24.9 Å². The van der Waals surface area contributed by atoms with Crippen molar-refractivity contribution in [2.75, 3.05) is 32.9 Å². The Morgan fingerprint density at radius 1 is 1.26 bits per heavy atom. The molecule has 0 saturated carbocycles. The van der Waals surface area contributed by atoms with Crippen molar-refractivity contribution < 1.29 is 19.0 Å². The molecule has 2 N–H and O–H groups in total. The highest BCUT2D eigenvalue weighted by Gasteiger charge is 2.37. The van der Waals surface area contributed by atoms with Gasteiger partial charge in [-0.15, -0.1) is 0 Å². The van der Waals surface area contributed by atoms with E-state index in [9.17, 15) is 14.3 Å². The molecule has 2 aliphatic rings. The molecule has 0 bridgehead atoms. The standard InChI is InChI=1S/C17H23FN2O3/c18-14-3-1-12(2-4-14)17(22)19-16-10-20(9-13(16)11-21)15-5-7-23-8-6-15/h1-4,13,15-16,21H,5-11H2,(H,19,22)/t13-,16+/m0/s1. The molecular weight excluding hydrogens is 299 g/mol. The Bertz CT molecular complexity index is 531. The highest BCUT2D eigenvalue weighted by molar-refractivity contribution is 5.94. The van der Waals surface area contributed by atoms with Gasteiger partial charge in [-0.05, 0) is 37.1 Å². The number of halogens is 1. The first-order valence-corrected chi connectivity index (χ1v) is 8.16. The maximum absolute atomic E-state index is 12.9. The highest BCUT2D eigenvalue weighted by atomic mass is 19.1. The summed E-state index contributed by atoms with van der Waals surface area (Å²) in [6.45, 7) is 3.13. The molecule has 1 aromatic rings. The lowest BCUT2D eigenvalue weighted by Gasteiger charge is -2.31. The number of aliphatic hydroxyl groups excluding tert-OH is 1. The average Bonchev–Trinajstić information content (AvgIpc) is 2.99. The van der Waals surface area contributed by atoms with Crippen LogP contribution in [0.25, 0.3) is 0 Å². The Morgan fingerprint density at radius 2 is 1.96 bits per heavy atom. The summed E-state index contributed by atoms with van der Waals surface area (Å²) in [5.74, 6) is -0.550. The highest BCUT2D eigenvalue weighted by Crippen LogP contribution is 2.24. The number of amides is 1. The molecular formula is C17H23FN2O3. The normalized spacial score (nSPS) is 26.3. The zero-order valence-corrected chi connectivity index (χ0v) is 13.1. The molecule has 3 rings (SSSR count). The minimum absolute atomic E-state index is 0.0299. The molecule has 0 unspecified atom stereocenters. The van der Waals surface area contributed by atoms with Crippen LogP contribution in [0.3, 0.4) is 0 Å². The first-order chi connectivity index (χ1) is 11.2. The summed E-state index contributed by atoms with van der Waals surface area (Å²) in [7, 11) is 0. The molecule has 2 aliphatic heterocycles. The van der Waals surface area contributed by atoms with E-state index in [0.29, 0.717) is 11.6 Å². The number of carbonyl (C=O) groups excluding carboxylic acids is 1. The molecule has 6 heteroatoms. The van der Waals surface area contributed by atoms with Crippen molar-refractivity contribution in [2.24, 2.45) is 5.92 Å². The molecule has 0 spiro atoms. The van der Waals surface area contributed by atoms with Crippen molar-refractivity contribution >= 4 is 5.91 Å². The summed E-state index contributed by atoms with van der Waals surface area (Å²) in [6.07, 6.45) is 1.99. The van der Waals surface area contributed by atoms with Crippen LogP contribution in [0, 0.1) is 11.7 Å². The van der Waals surface area contributed by atoms with Crippen LogP contribution in [0.15, 0.2) is 24.3 Å². The number of likely N-dealkylation sites (tertiary alicyclic amines) is 1. The third-order valence-corrected chi connectivity index (χ3v) is 4.83. The van der Waals surface area contributed by atoms with E-state index < -0.39 is 0 Å². The number of nitrogens with zero attached hydrogens (tertiary/aromatic N) is 1. The lowest BCUT2D eigenvalue weighted by molar-refractivity contribution is 0.0398. The second-order valence-electron chi connectivity index (χ2n) is 6.33. The molecule has 23 heavy (non-hydrogen) atoms. The second-order valence-corrected chi connectivity index (χ2v) is 6.33. The van der Waals surface area contributed by atoms with Crippen molar-refractivity contribution in [3.05, 3.63) is 35.6 Å². The average molecular weight is 322 g/mol. The number of rotatable bonds is 4. The molecule has 0 aromatic heterocycles. The molecule has 1 amide bonds. The van der Waals surface area contributed by atoms with Gasteiger partial charge in [0.15, 0.2) is 0 Å². The fourth-order valence-corrected chi connectivity index (χ4v) is 3.45. The van der Waals surface area contributed by atoms with Crippen LogP contribution in [0.1, 0.15) is 23.2 Å². The summed E-state index contributed by atoms with van der Waals surface area (Å²) in [5, 5.41) is 12.6. The van der Waals surface area contributed by atoms with Crippen LogP contribution in [0.5, 0.6) is 0 Å². The first kappa shape index (κ1) is 16.4. The lowest BCUT2D eigenvalue weighted by Crippen LogP contribution is -2.43. The lowest BCUT2D eigenvalue weighted by atomic mass is 10.0. The third kappa shape index (κ3) is 3.88. The van der Waals surface area contributed by atoms with E-state index >= 15 is 0 Å². The number of benzene rings is 1. The SMILES string of the molecule is O=C(N[C@@H]1CN(C2CCOCC2)C[C@H]1CO)c1ccc(F)cc1. The number of hydrogen-bond acceptors (Lipinski definition) is 4. The number of ether oxygens (including phenoxy) is 1. The zero-order valence-electron chi connectivity index (χ0n) is 13.1. The minimum atomic E-state index is -0.360. The maximum atomic E-state index is 12.9. The Balaban J connectivity index is 1.61. The molecule has 1 aromatic carbocycles. The molecule has 2 atom stereocenters. The van der Waals surface area contributed by atoms with Gasteiger partial charge in [-0.3, -0.25) is 9.69 Å². The molecule has 2 fully saturated rings. The van der Waals surface area contributed by atoms with Crippen molar-refractivity contribution in [3.63, 3.8) is 0 Å². The van der Waals surface area contributed by atoms with Crippen LogP contribution in [-0.2, 0) is 4.74 Å². The van der Waals surface area contributed by atoms with Crippen LogP contribution < -0.4 is 5.32 Å². The van der Waals surface area contributed by atoms with E-state index in [1.165, 1.54) is 24.3 Å². The zero-order chi connectivity index (χ0) is 16.2. The smallest absolute Gasteiger partial charge is 0.251 e. The Hall–Kier alpha value is -1.50. The third-order valence-electron chi connectivity index (χ3n) is 4.83. The van der Waals surface area contributed by atoms with Gasteiger partial charge in [-0.25, -0.2) is 4.39 Å². The first-order valence-electron chi connectivity index (χ1n) is 8.16. The number of hydrogen-bond donors (Lipinski definition) is 2. The summed E-state index contributed by atoms with van der Waals surface area (Å²) in [4.78, 5) is 14.6.